The van der Waals surface area contributed by atoms with Crippen LogP contribution < -0.4 is 10.1 Å². The largest absolute Gasteiger partial charge is 0.494 e. The van der Waals surface area contributed by atoms with Crippen LogP contribution in [0.1, 0.15) is 44.7 Å². The lowest BCUT2D eigenvalue weighted by Crippen LogP contribution is -2.35. The number of ether oxygens (including phenoxy) is 1. The van der Waals surface area contributed by atoms with Gasteiger partial charge in [-0.05, 0) is 57.0 Å². The third-order valence-electron chi connectivity index (χ3n) is 6.17. The van der Waals surface area contributed by atoms with Crippen LogP contribution in [0.25, 0.3) is 10.9 Å². The number of sulfonamides is 1. The summed E-state index contributed by atoms with van der Waals surface area (Å²) in [6.45, 7) is 5.85. The first-order valence-electron chi connectivity index (χ1n) is 11.5. The molecule has 4 rings (SSSR count). The number of hydrogen-bond acceptors (Lipinski definition) is 4. The van der Waals surface area contributed by atoms with Gasteiger partial charge in [-0.2, -0.15) is 4.31 Å². The highest BCUT2D eigenvalue weighted by Gasteiger charge is 2.26. The van der Waals surface area contributed by atoms with E-state index >= 15 is 0 Å². The van der Waals surface area contributed by atoms with Crippen LogP contribution in [-0.2, 0) is 21.4 Å². The number of carbonyl (C=O) groups is 1. The third-order valence-corrected chi connectivity index (χ3v) is 8.06. The van der Waals surface area contributed by atoms with Crippen LogP contribution in [-0.4, -0.2) is 42.9 Å². The highest BCUT2D eigenvalue weighted by atomic mass is 32.2. The van der Waals surface area contributed by atoms with Gasteiger partial charge in [0.15, 0.2) is 0 Å². The van der Waals surface area contributed by atoms with Crippen molar-refractivity contribution in [1.82, 2.24) is 14.2 Å². The zero-order valence-electron chi connectivity index (χ0n) is 19.2. The van der Waals surface area contributed by atoms with Crippen LogP contribution in [0.3, 0.4) is 0 Å². The fourth-order valence-electron chi connectivity index (χ4n) is 4.30. The molecule has 33 heavy (non-hydrogen) atoms. The maximum atomic E-state index is 13.0. The lowest BCUT2D eigenvalue weighted by Gasteiger charge is -2.26. The molecule has 0 spiro atoms. The Bertz CT molecular complexity index is 1230. The summed E-state index contributed by atoms with van der Waals surface area (Å²) in [5, 5.41) is 3.79. The number of fused-ring (bicyclic) bond motifs is 1. The van der Waals surface area contributed by atoms with Gasteiger partial charge >= 0.3 is 0 Å². The van der Waals surface area contributed by atoms with Crippen molar-refractivity contribution in [2.75, 3.05) is 19.7 Å². The number of aromatic nitrogens is 1. The monoisotopic (exact) mass is 469 g/mol. The number of benzene rings is 2. The molecule has 176 valence electrons. The van der Waals surface area contributed by atoms with Crippen molar-refractivity contribution in [3.05, 3.63) is 60.3 Å². The van der Waals surface area contributed by atoms with Gasteiger partial charge in [0.1, 0.15) is 11.8 Å². The molecule has 2 heterocycles. The third kappa shape index (κ3) is 4.91. The van der Waals surface area contributed by atoms with Gasteiger partial charge in [0, 0.05) is 42.3 Å². The maximum absolute atomic E-state index is 13.0. The van der Waals surface area contributed by atoms with Gasteiger partial charge in [-0.1, -0.05) is 24.6 Å². The Hall–Kier alpha value is -2.84. The van der Waals surface area contributed by atoms with Gasteiger partial charge in [0.05, 0.1) is 11.5 Å². The lowest BCUT2D eigenvalue weighted by molar-refractivity contribution is -0.123. The molecule has 0 radical (unpaired) electrons. The van der Waals surface area contributed by atoms with Crippen LogP contribution >= 0.6 is 0 Å². The molecule has 1 atom stereocenters. The first kappa shape index (κ1) is 23.3. The van der Waals surface area contributed by atoms with E-state index in [0.29, 0.717) is 31.1 Å². The van der Waals surface area contributed by atoms with Crippen LogP contribution in [0.4, 0.5) is 0 Å². The van der Waals surface area contributed by atoms with Gasteiger partial charge in [0.2, 0.25) is 15.9 Å². The number of carbonyl (C=O) groups excluding carboxylic acids is 1. The van der Waals surface area contributed by atoms with Crippen molar-refractivity contribution in [2.24, 2.45) is 0 Å². The van der Waals surface area contributed by atoms with E-state index in [0.717, 1.165) is 41.5 Å². The molecule has 1 amide bonds. The molecule has 0 bridgehead atoms. The number of piperidine rings is 1. The molecule has 0 saturated carbocycles. The van der Waals surface area contributed by atoms with Crippen molar-refractivity contribution in [3.8, 4) is 5.75 Å². The maximum Gasteiger partial charge on any atom is 0.243 e. The van der Waals surface area contributed by atoms with E-state index in [2.05, 4.69) is 5.32 Å². The lowest BCUT2D eigenvalue weighted by atomic mass is 10.2. The average Bonchev–Trinajstić information content (AvgIpc) is 3.27. The topological polar surface area (TPSA) is 80.6 Å². The summed E-state index contributed by atoms with van der Waals surface area (Å²) in [4.78, 5) is 13.2. The zero-order chi connectivity index (χ0) is 23.4. The molecule has 1 saturated heterocycles. The Morgan fingerprint density at radius 2 is 1.85 bits per heavy atom. The number of para-hydroxylation sites is 1. The van der Waals surface area contributed by atoms with Gasteiger partial charge < -0.3 is 14.6 Å². The molecule has 3 aromatic rings. The van der Waals surface area contributed by atoms with E-state index in [4.69, 9.17) is 4.74 Å². The molecular formula is C25H31N3O4S. The minimum atomic E-state index is -3.50. The Balaban J connectivity index is 1.50. The second kappa shape index (κ2) is 9.97. The summed E-state index contributed by atoms with van der Waals surface area (Å²) in [5.74, 6) is 0.644. The minimum Gasteiger partial charge on any atom is -0.494 e. The molecule has 1 aliphatic heterocycles. The average molecular weight is 470 g/mol. The first-order chi connectivity index (χ1) is 15.9. The zero-order valence-corrected chi connectivity index (χ0v) is 20.0. The summed E-state index contributed by atoms with van der Waals surface area (Å²) in [6.07, 6.45) is 4.71. The Kier molecular flexibility index (Phi) is 7.05. The minimum absolute atomic E-state index is 0.121. The number of nitrogens with one attached hydrogen (secondary N) is 1. The summed E-state index contributed by atoms with van der Waals surface area (Å²) >= 11 is 0. The first-order valence-corrected chi connectivity index (χ1v) is 12.9. The molecule has 1 aromatic heterocycles. The van der Waals surface area contributed by atoms with Crippen molar-refractivity contribution in [2.45, 2.75) is 50.6 Å². The van der Waals surface area contributed by atoms with Crippen LogP contribution in [0.5, 0.6) is 5.75 Å². The molecule has 0 unspecified atom stereocenters. The summed E-state index contributed by atoms with van der Waals surface area (Å²) in [6, 6.07) is 14.2. The van der Waals surface area contributed by atoms with Gasteiger partial charge in [-0.3, -0.25) is 4.79 Å². The van der Waals surface area contributed by atoms with Crippen LogP contribution in [0.2, 0.25) is 0 Å². The summed E-state index contributed by atoms with van der Waals surface area (Å²) in [7, 11) is -3.50. The smallest absolute Gasteiger partial charge is 0.243 e. The molecule has 2 aromatic carbocycles. The number of rotatable bonds is 8. The summed E-state index contributed by atoms with van der Waals surface area (Å²) < 4.78 is 35.1. The molecular weight excluding hydrogens is 438 g/mol. The molecule has 0 aliphatic carbocycles. The second-order valence-electron chi connectivity index (χ2n) is 8.34. The van der Waals surface area contributed by atoms with E-state index in [1.165, 1.54) is 0 Å². The predicted octanol–water partition coefficient (Wildman–Crippen LogP) is 4.09. The highest BCUT2D eigenvalue weighted by Crippen LogP contribution is 2.27. The fraction of sp³-hybridized carbons (Fsp3) is 0.400. The molecule has 1 fully saturated rings. The van der Waals surface area contributed by atoms with E-state index in [1.54, 1.807) is 22.5 Å². The molecule has 1 aliphatic rings. The molecule has 8 heteroatoms. The Labute approximate surface area is 195 Å². The quantitative estimate of drug-likeness (QED) is 0.539. The van der Waals surface area contributed by atoms with Crippen molar-refractivity contribution < 1.29 is 17.9 Å². The van der Waals surface area contributed by atoms with Gasteiger partial charge in [0.25, 0.3) is 0 Å². The molecule has 1 N–H and O–H groups in total. The van der Waals surface area contributed by atoms with Gasteiger partial charge in [-0.15, -0.1) is 0 Å². The van der Waals surface area contributed by atoms with Crippen molar-refractivity contribution in [3.63, 3.8) is 0 Å². The number of hydrogen-bond donors (Lipinski definition) is 1. The molecule has 7 nitrogen and oxygen atoms in total. The standard InChI is InChI=1S/C25H31N3O4S/c1-3-32-24-10-6-5-9-21(24)18-26-25(29)19(2)28-16-13-20-17-22(11-12-23(20)28)33(30,31)27-14-7-4-8-15-27/h5-6,9-13,16-17,19H,3-4,7-8,14-15,18H2,1-2H3,(H,26,29)/t19-/m0/s1. The van der Waals surface area contributed by atoms with E-state index < -0.39 is 16.1 Å². The van der Waals surface area contributed by atoms with E-state index in [1.807, 2.05) is 54.9 Å². The van der Waals surface area contributed by atoms with Crippen LogP contribution in [0, 0.1) is 0 Å². The Morgan fingerprint density at radius 1 is 1.09 bits per heavy atom. The van der Waals surface area contributed by atoms with E-state index in [9.17, 15) is 13.2 Å². The number of nitrogens with zero attached hydrogens (tertiary/aromatic N) is 2. The normalized spacial score (nSPS) is 15.9. The Morgan fingerprint density at radius 3 is 2.61 bits per heavy atom. The fourth-order valence-corrected chi connectivity index (χ4v) is 5.85. The highest BCUT2D eigenvalue weighted by molar-refractivity contribution is 7.89. The van der Waals surface area contributed by atoms with Gasteiger partial charge in [-0.25, -0.2) is 8.42 Å². The summed E-state index contributed by atoms with van der Waals surface area (Å²) in [5.41, 5.74) is 1.75. The second-order valence-corrected chi connectivity index (χ2v) is 10.3. The number of amides is 1. The van der Waals surface area contributed by atoms with Crippen LogP contribution in [0.15, 0.2) is 59.6 Å². The predicted molar refractivity (Wildman–Crippen MR) is 129 cm³/mol. The van der Waals surface area contributed by atoms with Crippen molar-refractivity contribution in [1.29, 1.82) is 0 Å². The SMILES string of the molecule is CCOc1ccccc1CNC(=O)[C@H](C)n1ccc2cc(S(=O)(=O)N3CCCCC3)ccc21. The van der Waals surface area contributed by atoms with Crippen molar-refractivity contribution >= 4 is 26.8 Å². The van der Waals surface area contributed by atoms with E-state index in [-0.39, 0.29) is 5.91 Å².